The molecule has 0 aromatic heterocycles. The van der Waals surface area contributed by atoms with Crippen LogP contribution in [-0.2, 0) is 5.41 Å². The number of fused-ring (bicyclic) bond motifs is 6. The number of nitrogens with zero attached hydrogens (tertiary/aromatic N) is 1. The van der Waals surface area contributed by atoms with Crippen molar-refractivity contribution in [3.05, 3.63) is 187 Å². The van der Waals surface area contributed by atoms with Crippen molar-refractivity contribution in [3.8, 4) is 33.4 Å². The van der Waals surface area contributed by atoms with E-state index in [-0.39, 0.29) is 5.41 Å². The molecule has 0 heterocycles. The molecule has 8 aromatic carbocycles. The number of anilines is 3. The Kier molecular flexibility index (Phi) is 6.88. The van der Waals surface area contributed by atoms with Gasteiger partial charge in [0.1, 0.15) is 0 Å². The highest BCUT2D eigenvalue weighted by molar-refractivity contribution is 6.08. The lowest BCUT2D eigenvalue weighted by Crippen LogP contribution is -2.55. The predicted molar refractivity (Wildman–Crippen MR) is 230 cm³/mol. The Morgan fingerprint density at radius 2 is 1.00 bits per heavy atom. The number of benzene rings is 8. The monoisotopic (exact) mass is 705 g/mol. The maximum absolute atomic E-state index is 2.63. The van der Waals surface area contributed by atoms with Gasteiger partial charge in [-0.2, -0.15) is 0 Å². The average Bonchev–Trinajstić information content (AvgIpc) is 3.53. The highest BCUT2D eigenvalue weighted by atomic mass is 15.1. The first kappa shape index (κ1) is 31.4. The number of hydrogen-bond acceptors (Lipinski definition) is 1. The molecule has 0 N–H and O–H groups in total. The van der Waals surface area contributed by atoms with Crippen LogP contribution < -0.4 is 4.90 Å². The first-order valence-corrected chi connectivity index (χ1v) is 20.4. The summed E-state index contributed by atoms with van der Waals surface area (Å²) in [4.78, 5) is 2.53. The molecular weight excluding hydrogens is 663 g/mol. The van der Waals surface area contributed by atoms with Gasteiger partial charge in [0.2, 0.25) is 0 Å². The second-order valence-electron chi connectivity index (χ2n) is 16.9. The third kappa shape index (κ3) is 4.66. The van der Waals surface area contributed by atoms with E-state index < -0.39 is 0 Å². The standard InChI is InChI=1S/C54H43N/c1-2-10-38(11-3-1)48-14-7-9-17-53(48)55(44-23-20-37(21-24-44)40-22-26-47-41(33-40)19-18-39-12-4-5-13-46(39)47)45-25-27-50-49-15-6-8-16-51(49)54(52(50)34-45)42-29-35-28-36(31-42)32-43(54)30-35/h1-27,33-36,42-43H,28-32H2. The summed E-state index contributed by atoms with van der Waals surface area (Å²) in [6, 6.07) is 66.3. The van der Waals surface area contributed by atoms with Crippen molar-refractivity contribution in [2.75, 3.05) is 4.90 Å². The molecule has 4 bridgehead atoms. The maximum atomic E-state index is 2.63. The number of para-hydroxylation sites is 1. The van der Waals surface area contributed by atoms with E-state index >= 15 is 0 Å². The first-order chi connectivity index (χ1) is 27.2. The fraction of sp³-hybridized carbons (Fsp3) is 0.185. The molecule has 4 saturated carbocycles. The van der Waals surface area contributed by atoms with E-state index in [1.165, 1.54) is 104 Å². The Labute approximate surface area is 323 Å². The Balaban J connectivity index is 1.02. The molecule has 8 aromatic rings. The van der Waals surface area contributed by atoms with E-state index in [1.54, 1.807) is 11.1 Å². The molecule has 5 aliphatic rings. The third-order valence-electron chi connectivity index (χ3n) is 14.2. The largest absolute Gasteiger partial charge is 0.310 e. The minimum atomic E-state index is 0.116. The fourth-order valence-corrected chi connectivity index (χ4v) is 12.2. The summed E-state index contributed by atoms with van der Waals surface area (Å²) in [5.41, 5.74) is 14.8. The summed E-state index contributed by atoms with van der Waals surface area (Å²) < 4.78 is 0. The van der Waals surface area contributed by atoms with E-state index in [0.717, 1.165) is 23.7 Å². The van der Waals surface area contributed by atoms with Crippen LogP contribution in [0.2, 0.25) is 0 Å². The molecule has 0 aliphatic heterocycles. The average molecular weight is 706 g/mol. The lowest BCUT2D eigenvalue weighted by molar-refractivity contribution is -0.0399. The first-order valence-electron chi connectivity index (χ1n) is 20.4. The van der Waals surface area contributed by atoms with Crippen molar-refractivity contribution in [3.63, 3.8) is 0 Å². The van der Waals surface area contributed by atoms with Gasteiger partial charge >= 0.3 is 0 Å². The number of rotatable bonds is 5. The van der Waals surface area contributed by atoms with Crippen molar-refractivity contribution in [1.29, 1.82) is 0 Å². The van der Waals surface area contributed by atoms with E-state index in [9.17, 15) is 0 Å². The van der Waals surface area contributed by atoms with Gasteiger partial charge in [-0.25, -0.2) is 0 Å². The molecule has 13 rings (SSSR count). The van der Waals surface area contributed by atoms with Gasteiger partial charge in [-0.05, 0) is 153 Å². The zero-order valence-electron chi connectivity index (χ0n) is 31.0. The third-order valence-corrected chi connectivity index (χ3v) is 14.2. The van der Waals surface area contributed by atoms with Crippen molar-refractivity contribution in [2.24, 2.45) is 23.7 Å². The smallest absolute Gasteiger partial charge is 0.0540 e. The Hall–Kier alpha value is -5.92. The van der Waals surface area contributed by atoms with Gasteiger partial charge in [0.15, 0.2) is 0 Å². The summed E-state index contributed by atoms with van der Waals surface area (Å²) in [7, 11) is 0. The van der Waals surface area contributed by atoms with Crippen molar-refractivity contribution in [2.45, 2.75) is 37.5 Å². The molecule has 0 atom stereocenters. The SMILES string of the molecule is c1ccc(-c2ccccc2N(c2ccc(-c3ccc4c(ccc5ccccc54)c3)cc2)c2ccc3c(c2)C2(c4ccccc4-3)C3CC4CC(C3)CC2C4)cc1. The van der Waals surface area contributed by atoms with Crippen LogP contribution in [0.4, 0.5) is 17.1 Å². The zero-order chi connectivity index (χ0) is 36.1. The minimum Gasteiger partial charge on any atom is -0.310 e. The van der Waals surface area contributed by atoms with E-state index in [0.29, 0.717) is 0 Å². The Morgan fingerprint density at radius 1 is 0.382 bits per heavy atom. The molecule has 55 heavy (non-hydrogen) atoms. The summed E-state index contributed by atoms with van der Waals surface area (Å²) in [5, 5.41) is 5.17. The van der Waals surface area contributed by atoms with Crippen LogP contribution in [0.25, 0.3) is 54.9 Å². The van der Waals surface area contributed by atoms with Crippen molar-refractivity contribution in [1.82, 2.24) is 0 Å². The Morgan fingerprint density at radius 3 is 1.82 bits per heavy atom. The Bertz CT molecular complexity index is 2750. The molecule has 0 radical (unpaired) electrons. The molecule has 1 spiro atoms. The maximum Gasteiger partial charge on any atom is 0.0540 e. The van der Waals surface area contributed by atoms with E-state index in [4.69, 9.17) is 0 Å². The number of hydrogen-bond donors (Lipinski definition) is 0. The highest BCUT2D eigenvalue weighted by Crippen LogP contribution is 2.69. The van der Waals surface area contributed by atoms with Crippen LogP contribution in [0.15, 0.2) is 176 Å². The normalized spacial score (nSPS) is 23.0. The van der Waals surface area contributed by atoms with Gasteiger partial charge in [-0.15, -0.1) is 0 Å². The summed E-state index contributed by atoms with van der Waals surface area (Å²) in [6.07, 6.45) is 7.01. The van der Waals surface area contributed by atoms with Crippen LogP contribution in [0.3, 0.4) is 0 Å². The molecular formula is C54H43N. The van der Waals surface area contributed by atoms with Crippen LogP contribution in [0, 0.1) is 23.7 Å². The van der Waals surface area contributed by atoms with Crippen LogP contribution in [0.5, 0.6) is 0 Å². The van der Waals surface area contributed by atoms with Gasteiger partial charge in [-0.3, -0.25) is 0 Å². The van der Waals surface area contributed by atoms with Crippen LogP contribution in [0.1, 0.15) is 43.2 Å². The quantitative estimate of drug-likeness (QED) is 0.161. The fourth-order valence-electron chi connectivity index (χ4n) is 12.2. The van der Waals surface area contributed by atoms with Crippen LogP contribution >= 0.6 is 0 Å². The molecule has 1 nitrogen and oxygen atoms in total. The van der Waals surface area contributed by atoms with Crippen molar-refractivity contribution >= 4 is 38.6 Å². The summed E-state index contributed by atoms with van der Waals surface area (Å²) in [6.45, 7) is 0. The highest BCUT2D eigenvalue weighted by Gasteiger charge is 2.61. The van der Waals surface area contributed by atoms with Gasteiger partial charge in [-0.1, -0.05) is 140 Å². The second-order valence-corrected chi connectivity index (χ2v) is 16.9. The van der Waals surface area contributed by atoms with E-state index in [1.807, 2.05) is 0 Å². The van der Waals surface area contributed by atoms with E-state index in [2.05, 4.69) is 181 Å². The van der Waals surface area contributed by atoms with Crippen LogP contribution in [-0.4, -0.2) is 0 Å². The lowest BCUT2D eigenvalue weighted by Gasteiger charge is -2.61. The lowest BCUT2D eigenvalue weighted by atomic mass is 9.43. The molecule has 0 saturated heterocycles. The van der Waals surface area contributed by atoms with Gasteiger partial charge in [0.05, 0.1) is 5.69 Å². The zero-order valence-corrected chi connectivity index (χ0v) is 31.0. The van der Waals surface area contributed by atoms with Gasteiger partial charge in [0, 0.05) is 22.4 Å². The molecule has 1 heteroatoms. The summed E-state index contributed by atoms with van der Waals surface area (Å²) >= 11 is 0. The summed E-state index contributed by atoms with van der Waals surface area (Å²) in [5.74, 6) is 3.29. The van der Waals surface area contributed by atoms with Gasteiger partial charge < -0.3 is 4.90 Å². The van der Waals surface area contributed by atoms with Crippen molar-refractivity contribution < 1.29 is 0 Å². The predicted octanol–water partition coefficient (Wildman–Crippen LogP) is 14.5. The molecule has 5 aliphatic carbocycles. The molecule has 264 valence electrons. The molecule has 0 unspecified atom stereocenters. The second kappa shape index (κ2) is 12.0. The molecule has 4 fully saturated rings. The minimum absolute atomic E-state index is 0.116. The molecule has 0 amide bonds. The topological polar surface area (TPSA) is 3.24 Å². The van der Waals surface area contributed by atoms with Gasteiger partial charge in [0.25, 0.3) is 0 Å².